The molecular weight excluding hydrogens is 214 g/mol. The first kappa shape index (κ1) is 10.3. The summed E-state index contributed by atoms with van der Waals surface area (Å²) >= 11 is 5.93. The number of hydrogen-bond acceptors (Lipinski definition) is 3. The molecule has 1 aromatic carbocycles. The predicted molar refractivity (Wildman–Crippen MR) is 60.2 cm³/mol. The fourth-order valence-corrected chi connectivity index (χ4v) is 1.89. The third-order valence-corrected chi connectivity index (χ3v) is 2.81. The number of benzene rings is 1. The van der Waals surface area contributed by atoms with Crippen molar-refractivity contribution in [2.45, 2.75) is 6.04 Å². The topological polar surface area (TPSA) is 72.4 Å². The first-order valence-corrected chi connectivity index (χ1v) is 5.05. The van der Waals surface area contributed by atoms with Gasteiger partial charge in [-0.15, -0.1) is 0 Å². The number of nitrogens with zero attached hydrogens (tertiary/aromatic N) is 1. The molecule has 80 valence electrons. The van der Waals surface area contributed by atoms with E-state index in [0.717, 1.165) is 18.8 Å². The molecule has 0 unspecified atom stereocenters. The van der Waals surface area contributed by atoms with E-state index in [-0.39, 0.29) is 6.04 Å². The average molecular weight is 226 g/mol. The molecule has 1 heterocycles. The Morgan fingerprint density at radius 2 is 2.13 bits per heavy atom. The van der Waals surface area contributed by atoms with Crippen molar-refractivity contribution in [3.05, 3.63) is 28.8 Å². The average Bonchev–Trinajstić information content (AvgIpc) is 2.12. The van der Waals surface area contributed by atoms with E-state index in [1.165, 1.54) is 0 Å². The first-order chi connectivity index (χ1) is 7.08. The highest BCUT2D eigenvalue weighted by Crippen LogP contribution is 2.26. The third kappa shape index (κ3) is 1.91. The summed E-state index contributed by atoms with van der Waals surface area (Å²) in [7, 11) is 0. The van der Waals surface area contributed by atoms with Crippen molar-refractivity contribution in [2.24, 2.45) is 11.5 Å². The van der Waals surface area contributed by atoms with E-state index in [1.807, 2.05) is 6.07 Å². The largest absolute Gasteiger partial charge is 0.368 e. The highest BCUT2D eigenvalue weighted by Gasteiger charge is 2.23. The van der Waals surface area contributed by atoms with Crippen LogP contribution >= 0.6 is 11.6 Å². The van der Waals surface area contributed by atoms with Crippen molar-refractivity contribution in [3.8, 4) is 0 Å². The molecule has 0 aromatic heterocycles. The van der Waals surface area contributed by atoms with Gasteiger partial charge in [-0.3, -0.25) is 4.79 Å². The van der Waals surface area contributed by atoms with Crippen LogP contribution in [-0.2, 0) is 0 Å². The second kappa shape index (κ2) is 3.72. The minimum absolute atomic E-state index is 0.236. The van der Waals surface area contributed by atoms with Crippen LogP contribution in [0.15, 0.2) is 18.2 Å². The molecule has 2 rings (SSSR count). The van der Waals surface area contributed by atoms with Gasteiger partial charge in [0.2, 0.25) is 5.91 Å². The van der Waals surface area contributed by atoms with E-state index in [0.29, 0.717) is 10.6 Å². The Hall–Kier alpha value is -1.26. The van der Waals surface area contributed by atoms with Crippen molar-refractivity contribution < 1.29 is 4.79 Å². The first-order valence-electron chi connectivity index (χ1n) is 4.68. The van der Waals surface area contributed by atoms with Gasteiger partial charge >= 0.3 is 0 Å². The fraction of sp³-hybridized carbons (Fsp3) is 0.300. The fourth-order valence-electron chi connectivity index (χ4n) is 1.62. The Labute approximate surface area is 92.8 Å². The Balaban J connectivity index is 2.22. The van der Waals surface area contributed by atoms with E-state index in [1.54, 1.807) is 12.1 Å². The van der Waals surface area contributed by atoms with Gasteiger partial charge in [0.15, 0.2) is 0 Å². The van der Waals surface area contributed by atoms with Crippen molar-refractivity contribution in [1.29, 1.82) is 0 Å². The van der Waals surface area contributed by atoms with Crippen LogP contribution in [0.1, 0.15) is 10.4 Å². The van der Waals surface area contributed by atoms with Gasteiger partial charge < -0.3 is 16.4 Å². The maximum absolute atomic E-state index is 10.9. The second-order valence-electron chi connectivity index (χ2n) is 3.69. The van der Waals surface area contributed by atoms with Gasteiger partial charge in [-0.05, 0) is 18.2 Å². The molecule has 0 spiro atoms. The Morgan fingerprint density at radius 1 is 1.47 bits per heavy atom. The second-order valence-corrected chi connectivity index (χ2v) is 4.10. The van der Waals surface area contributed by atoms with Crippen LogP contribution in [-0.4, -0.2) is 25.0 Å². The summed E-state index contributed by atoms with van der Waals surface area (Å²) in [6.07, 6.45) is 0. The van der Waals surface area contributed by atoms with Crippen LogP contribution in [0.25, 0.3) is 0 Å². The zero-order valence-electron chi connectivity index (χ0n) is 8.11. The lowest BCUT2D eigenvalue weighted by atomic mass is 10.1. The summed E-state index contributed by atoms with van der Waals surface area (Å²) in [4.78, 5) is 13.0. The number of nitrogens with two attached hydrogens (primary N) is 2. The van der Waals surface area contributed by atoms with Crippen molar-refractivity contribution in [2.75, 3.05) is 18.0 Å². The van der Waals surface area contributed by atoms with Gasteiger partial charge in [0.05, 0.1) is 10.6 Å². The quantitative estimate of drug-likeness (QED) is 0.774. The van der Waals surface area contributed by atoms with Crippen molar-refractivity contribution in [3.63, 3.8) is 0 Å². The van der Waals surface area contributed by atoms with E-state index in [2.05, 4.69) is 4.90 Å². The summed E-state index contributed by atoms with van der Waals surface area (Å²) in [5.74, 6) is -0.508. The zero-order valence-corrected chi connectivity index (χ0v) is 8.87. The number of rotatable bonds is 2. The molecule has 1 aromatic rings. The number of anilines is 1. The van der Waals surface area contributed by atoms with Crippen molar-refractivity contribution >= 4 is 23.2 Å². The van der Waals surface area contributed by atoms with Gasteiger partial charge in [0.1, 0.15) is 0 Å². The lowest BCUT2D eigenvalue weighted by Gasteiger charge is -2.39. The zero-order chi connectivity index (χ0) is 11.0. The van der Waals surface area contributed by atoms with Crippen LogP contribution in [0.4, 0.5) is 5.69 Å². The summed E-state index contributed by atoms with van der Waals surface area (Å²) in [6.45, 7) is 1.65. The van der Waals surface area contributed by atoms with E-state index in [9.17, 15) is 4.79 Å². The molecule has 1 fully saturated rings. The van der Waals surface area contributed by atoms with E-state index < -0.39 is 5.91 Å². The molecule has 0 aliphatic carbocycles. The SMILES string of the molecule is NC(=O)c1ccc(N2CC(N)C2)cc1Cl. The smallest absolute Gasteiger partial charge is 0.250 e. The van der Waals surface area contributed by atoms with Crippen molar-refractivity contribution in [1.82, 2.24) is 0 Å². The molecule has 4 N–H and O–H groups in total. The molecule has 15 heavy (non-hydrogen) atoms. The minimum Gasteiger partial charge on any atom is -0.368 e. The highest BCUT2D eigenvalue weighted by molar-refractivity contribution is 6.34. The minimum atomic E-state index is -0.508. The molecule has 0 saturated carbocycles. The van der Waals surface area contributed by atoms with Gasteiger partial charge in [-0.1, -0.05) is 11.6 Å². The summed E-state index contributed by atoms with van der Waals surface area (Å²) in [6, 6.07) is 5.45. The Bertz CT molecular complexity index is 402. The van der Waals surface area contributed by atoms with Crippen LogP contribution in [0.5, 0.6) is 0 Å². The van der Waals surface area contributed by atoms with Crippen LogP contribution in [0.2, 0.25) is 5.02 Å². The van der Waals surface area contributed by atoms with Gasteiger partial charge in [-0.2, -0.15) is 0 Å². The molecule has 0 radical (unpaired) electrons. The molecule has 4 nitrogen and oxygen atoms in total. The van der Waals surface area contributed by atoms with Crippen LogP contribution in [0.3, 0.4) is 0 Å². The number of halogens is 1. The number of carbonyl (C=O) groups is 1. The molecule has 1 saturated heterocycles. The van der Waals surface area contributed by atoms with E-state index >= 15 is 0 Å². The standard InChI is InChI=1S/C10H12ClN3O/c11-9-3-7(14-4-6(12)5-14)1-2-8(9)10(13)15/h1-3,6H,4-5,12H2,(H2,13,15). The van der Waals surface area contributed by atoms with E-state index in [4.69, 9.17) is 23.1 Å². The number of hydrogen-bond donors (Lipinski definition) is 2. The monoisotopic (exact) mass is 225 g/mol. The summed E-state index contributed by atoms with van der Waals surface area (Å²) < 4.78 is 0. The maximum atomic E-state index is 10.9. The van der Waals surface area contributed by atoms with Crippen LogP contribution in [0, 0.1) is 0 Å². The number of primary amides is 1. The van der Waals surface area contributed by atoms with Gasteiger partial charge in [0, 0.05) is 24.8 Å². The van der Waals surface area contributed by atoms with Crippen LogP contribution < -0.4 is 16.4 Å². The summed E-state index contributed by atoms with van der Waals surface area (Å²) in [5, 5.41) is 0.389. The predicted octanol–water partition coefficient (Wildman–Crippen LogP) is 0.586. The molecule has 0 bridgehead atoms. The van der Waals surface area contributed by atoms with Gasteiger partial charge in [-0.25, -0.2) is 0 Å². The Kier molecular flexibility index (Phi) is 2.54. The molecule has 0 atom stereocenters. The Morgan fingerprint density at radius 3 is 2.60 bits per heavy atom. The number of amides is 1. The number of carbonyl (C=O) groups excluding carboxylic acids is 1. The summed E-state index contributed by atoms with van der Waals surface area (Å²) in [5.41, 5.74) is 12.2. The molecule has 1 aliphatic heterocycles. The molecular formula is C10H12ClN3O. The normalized spacial score (nSPS) is 16.3. The third-order valence-electron chi connectivity index (χ3n) is 2.49. The maximum Gasteiger partial charge on any atom is 0.250 e. The lowest BCUT2D eigenvalue weighted by Crippen LogP contribution is -2.55. The van der Waals surface area contributed by atoms with Gasteiger partial charge in [0.25, 0.3) is 0 Å². The molecule has 1 aliphatic rings. The lowest BCUT2D eigenvalue weighted by molar-refractivity contribution is 0.100. The highest BCUT2D eigenvalue weighted by atomic mass is 35.5. The molecule has 1 amide bonds. The molecule has 5 heteroatoms.